The largest absolute Gasteiger partial charge is 0.454 e. The van der Waals surface area contributed by atoms with E-state index in [1.165, 1.54) is 24.0 Å². The molecule has 0 aliphatic heterocycles. The lowest BCUT2D eigenvalue weighted by Crippen LogP contribution is -2.18. The molecule has 0 radical (unpaired) electrons. The quantitative estimate of drug-likeness (QED) is 0.719. The van der Waals surface area contributed by atoms with Crippen LogP contribution < -0.4 is 5.56 Å². The highest BCUT2D eigenvalue weighted by atomic mass is 16.5. The maximum absolute atomic E-state index is 12.4. The van der Waals surface area contributed by atoms with Gasteiger partial charge in [-0.1, -0.05) is 30.3 Å². The van der Waals surface area contributed by atoms with Crippen molar-refractivity contribution in [3.05, 3.63) is 75.3 Å². The Labute approximate surface area is 157 Å². The Morgan fingerprint density at radius 1 is 1.15 bits per heavy atom. The Morgan fingerprint density at radius 2 is 1.93 bits per heavy atom. The summed E-state index contributed by atoms with van der Waals surface area (Å²) in [5, 5.41) is 0.522. The number of aryl methyl sites for hydroxylation is 2. The molecule has 5 nitrogen and oxygen atoms in total. The molecule has 4 rings (SSSR count). The van der Waals surface area contributed by atoms with Crippen molar-refractivity contribution in [2.45, 2.75) is 45.1 Å². The van der Waals surface area contributed by atoms with Gasteiger partial charge < -0.3 is 9.72 Å². The normalized spacial score (nSPS) is 14.6. The number of hydrogen-bond donors (Lipinski definition) is 1. The molecule has 0 bridgehead atoms. The van der Waals surface area contributed by atoms with E-state index >= 15 is 0 Å². The molecule has 27 heavy (non-hydrogen) atoms. The summed E-state index contributed by atoms with van der Waals surface area (Å²) in [6, 6.07) is 13.4. The Balaban J connectivity index is 1.47. The average Bonchev–Trinajstić information content (AvgIpc) is 2.67. The summed E-state index contributed by atoms with van der Waals surface area (Å²) < 4.78 is 5.52. The molecule has 0 fully saturated rings. The van der Waals surface area contributed by atoms with E-state index in [1.807, 2.05) is 12.1 Å². The van der Waals surface area contributed by atoms with Crippen molar-refractivity contribution in [2.24, 2.45) is 0 Å². The highest BCUT2D eigenvalue weighted by molar-refractivity contribution is 5.77. The standard InChI is InChI=1S/C22H22N2O3/c1-14(21-23-19-9-5-4-8-18(19)22(26)24-21)27-20(25)13-15-10-11-16-6-2-3-7-17(16)12-15/h4-5,8-12,14H,2-3,6-7,13H2,1H3,(H,23,24,26)/t14-/m1/s1. The van der Waals surface area contributed by atoms with Crippen molar-refractivity contribution in [1.82, 2.24) is 9.97 Å². The number of hydrogen-bond acceptors (Lipinski definition) is 4. The molecule has 0 spiro atoms. The van der Waals surface area contributed by atoms with Crippen molar-refractivity contribution in [2.75, 3.05) is 0 Å². The van der Waals surface area contributed by atoms with Crippen LogP contribution in [-0.2, 0) is 28.8 Å². The number of H-pyrrole nitrogens is 1. The van der Waals surface area contributed by atoms with Crippen LogP contribution in [0.4, 0.5) is 0 Å². The van der Waals surface area contributed by atoms with Crippen LogP contribution in [0.1, 0.15) is 48.4 Å². The maximum atomic E-state index is 12.4. The summed E-state index contributed by atoms with van der Waals surface area (Å²) in [7, 11) is 0. The molecule has 0 saturated carbocycles. The molecular formula is C22H22N2O3. The van der Waals surface area contributed by atoms with E-state index in [0.29, 0.717) is 16.7 Å². The van der Waals surface area contributed by atoms with Gasteiger partial charge in [-0.05, 0) is 61.4 Å². The first-order valence-electron chi connectivity index (χ1n) is 9.39. The van der Waals surface area contributed by atoms with E-state index in [-0.39, 0.29) is 17.9 Å². The van der Waals surface area contributed by atoms with Crippen LogP contribution >= 0.6 is 0 Å². The van der Waals surface area contributed by atoms with Crippen molar-refractivity contribution in [3.8, 4) is 0 Å². The number of para-hydroxylation sites is 1. The van der Waals surface area contributed by atoms with Crippen LogP contribution in [0.15, 0.2) is 47.3 Å². The minimum Gasteiger partial charge on any atom is -0.454 e. The first-order chi connectivity index (χ1) is 13.1. The van der Waals surface area contributed by atoms with E-state index in [2.05, 4.69) is 22.1 Å². The molecule has 1 atom stereocenters. The Hall–Kier alpha value is -2.95. The number of esters is 1. The fraction of sp³-hybridized carbons (Fsp3) is 0.318. The monoisotopic (exact) mass is 362 g/mol. The highest BCUT2D eigenvalue weighted by Crippen LogP contribution is 2.23. The molecule has 1 N–H and O–H groups in total. The summed E-state index contributed by atoms with van der Waals surface area (Å²) in [4.78, 5) is 31.7. The second-order valence-corrected chi connectivity index (χ2v) is 7.09. The van der Waals surface area contributed by atoms with E-state index in [0.717, 1.165) is 18.4 Å². The second kappa shape index (κ2) is 7.35. The first kappa shape index (κ1) is 17.5. The van der Waals surface area contributed by atoms with E-state index < -0.39 is 6.10 Å². The van der Waals surface area contributed by atoms with Crippen molar-refractivity contribution in [3.63, 3.8) is 0 Å². The molecule has 5 heteroatoms. The third kappa shape index (κ3) is 3.77. The number of carbonyl (C=O) groups excluding carboxylic acids is 1. The number of aromatic nitrogens is 2. The summed E-state index contributed by atoms with van der Waals surface area (Å²) in [5.41, 5.74) is 4.07. The van der Waals surface area contributed by atoms with Crippen LogP contribution in [0.2, 0.25) is 0 Å². The number of fused-ring (bicyclic) bond motifs is 2. The molecular weight excluding hydrogens is 340 g/mol. The maximum Gasteiger partial charge on any atom is 0.310 e. The van der Waals surface area contributed by atoms with E-state index in [9.17, 15) is 9.59 Å². The van der Waals surface area contributed by atoms with Gasteiger partial charge >= 0.3 is 5.97 Å². The summed E-state index contributed by atoms with van der Waals surface area (Å²) >= 11 is 0. The van der Waals surface area contributed by atoms with Crippen LogP contribution in [0, 0.1) is 0 Å². The lowest BCUT2D eigenvalue weighted by Gasteiger charge is -2.17. The van der Waals surface area contributed by atoms with Gasteiger partial charge in [-0.15, -0.1) is 0 Å². The molecule has 2 aromatic carbocycles. The van der Waals surface area contributed by atoms with Gasteiger partial charge in [0.1, 0.15) is 0 Å². The number of benzene rings is 2. The van der Waals surface area contributed by atoms with Gasteiger partial charge in [-0.25, -0.2) is 4.98 Å². The fourth-order valence-corrected chi connectivity index (χ4v) is 3.66. The molecule has 0 amide bonds. The lowest BCUT2D eigenvalue weighted by molar-refractivity contribution is -0.148. The number of nitrogens with one attached hydrogen (secondary N) is 1. The molecule has 1 heterocycles. The van der Waals surface area contributed by atoms with Gasteiger partial charge in [0.15, 0.2) is 11.9 Å². The zero-order chi connectivity index (χ0) is 18.8. The zero-order valence-corrected chi connectivity index (χ0v) is 15.3. The lowest BCUT2D eigenvalue weighted by atomic mass is 9.90. The van der Waals surface area contributed by atoms with E-state index in [1.54, 1.807) is 25.1 Å². The SMILES string of the molecule is C[C@@H](OC(=O)Cc1ccc2c(c1)CCCC2)c1nc2ccccc2c(=O)[nH]1. The van der Waals surface area contributed by atoms with Gasteiger partial charge in [-0.2, -0.15) is 0 Å². The molecule has 138 valence electrons. The third-order valence-corrected chi connectivity index (χ3v) is 5.09. The van der Waals surface area contributed by atoms with Gasteiger partial charge in [0.2, 0.25) is 0 Å². The summed E-state index contributed by atoms with van der Waals surface area (Å²) in [6.45, 7) is 1.72. The number of ether oxygens (including phenoxy) is 1. The molecule has 3 aromatic rings. The van der Waals surface area contributed by atoms with Crippen LogP contribution in [0.5, 0.6) is 0 Å². The Morgan fingerprint density at radius 3 is 2.78 bits per heavy atom. The zero-order valence-electron chi connectivity index (χ0n) is 15.3. The fourth-order valence-electron chi connectivity index (χ4n) is 3.66. The van der Waals surface area contributed by atoms with Crippen molar-refractivity contribution in [1.29, 1.82) is 0 Å². The topological polar surface area (TPSA) is 72.0 Å². The van der Waals surface area contributed by atoms with Crippen LogP contribution in [0.3, 0.4) is 0 Å². The molecule has 1 aliphatic rings. The number of nitrogens with zero attached hydrogens (tertiary/aromatic N) is 1. The first-order valence-corrected chi connectivity index (χ1v) is 9.39. The predicted octanol–water partition coefficient (Wildman–Crippen LogP) is 3.65. The minimum atomic E-state index is -0.618. The summed E-state index contributed by atoms with van der Waals surface area (Å²) in [5.74, 6) is 0.0338. The van der Waals surface area contributed by atoms with Gasteiger partial charge in [0.25, 0.3) is 5.56 Å². The van der Waals surface area contributed by atoms with Crippen molar-refractivity contribution >= 4 is 16.9 Å². The second-order valence-electron chi connectivity index (χ2n) is 7.09. The molecule has 1 aliphatic carbocycles. The Bertz CT molecular complexity index is 1050. The van der Waals surface area contributed by atoms with Gasteiger partial charge in [-0.3, -0.25) is 9.59 Å². The van der Waals surface area contributed by atoms with Crippen molar-refractivity contribution < 1.29 is 9.53 Å². The van der Waals surface area contributed by atoms with Gasteiger partial charge in [0.05, 0.1) is 17.3 Å². The van der Waals surface area contributed by atoms with Gasteiger partial charge in [0, 0.05) is 0 Å². The molecule has 0 unspecified atom stereocenters. The smallest absolute Gasteiger partial charge is 0.310 e. The predicted molar refractivity (Wildman–Crippen MR) is 104 cm³/mol. The minimum absolute atomic E-state index is 0.218. The molecule has 0 saturated heterocycles. The van der Waals surface area contributed by atoms with Crippen LogP contribution in [-0.4, -0.2) is 15.9 Å². The summed E-state index contributed by atoms with van der Waals surface area (Å²) in [6.07, 6.45) is 4.25. The average molecular weight is 362 g/mol. The highest BCUT2D eigenvalue weighted by Gasteiger charge is 2.17. The van der Waals surface area contributed by atoms with Crippen LogP contribution in [0.25, 0.3) is 10.9 Å². The van der Waals surface area contributed by atoms with E-state index in [4.69, 9.17) is 4.74 Å². The number of aromatic amines is 1. The molecule has 1 aromatic heterocycles. The third-order valence-electron chi connectivity index (χ3n) is 5.09. The number of rotatable bonds is 4. The Kier molecular flexibility index (Phi) is 4.75. The number of carbonyl (C=O) groups is 1.